The van der Waals surface area contributed by atoms with Crippen LogP contribution in [0.5, 0.6) is 0 Å². The van der Waals surface area contributed by atoms with Gasteiger partial charge in [0.15, 0.2) is 5.82 Å². The first-order valence-corrected chi connectivity index (χ1v) is 5.47. The first-order valence-electron chi connectivity index (χ1n) is 5.47. The van der Waals surface area contributed by atoms with E-state index in [1.165, 1.54) is 4.68 Å². The van der Waals surface area contributed by atoms with Crippen molar-refractivity contribution in [3.8, 4) is 0 Å². The maximum Gasteiger partial charge on any atom is 0.435 e. The van der Waals surface area contributed by atoms with E-state index < -0.39 is 6.09 Å². The van der Waals surface area contributed by atoms with Crippen molar-refractivity contribution in [2.75, 3.05) is 25.6 Å². The summed E-state index contributed by atoms with van der Waals surface area (Å²) >= 11 is 0. The van der Waals surface area contributed by atoms with Crippen LogP contribution in [0.15, 0.2) is 24.3 Å². The van der Waals surface area contributed by atoms with Crippen molar-refractivity contribution in [3.05, 3.63) is 24.3 Å². The van der Waals surface area contributed by atoms with Crippen molar-refractivity contribution in [1.29, 1.82) is 0 Å². The number of aromatic nitrogens is 2. The summed E-state index contributed by atoms with van der Waals surface area (Å²) in [6.45, 7) is 2.11. The molecule has 90 valence electrons. The van der Waals surface area contributed by atoms with Crippen LogP contribution in [0.3, 0.4) is 0 Å². The molecule has 2 rings (SSSR count). The highest BCUT2D eigenvalue weighted by Crippen LogP contribution is 2.24. The van der Waals surface area contributed by atoms with Crippen molar-refractivity contribution in [2.24, 2.45) is 0 Å². The summed E-state index contributed by atoms with van der Waals surface area (Å²) in [7, 11) is 3.79. The van der Waals surface area contributed by atoms with Gasteiger partial charge in [-0.1, -0.05) is 12.1 Å². The number of fused-ring (bicyclic) bond motifs is 1. The van der Waals surface area contributed by atoms with Crippen LogP contribution in [-0.4, -0.2) is 36.6 Å². The fourth-order valence-corrected chi connectivity index (χ4v) is 1.70. The second-order valence-corrected chi connectivity index (χ2v) is 3.85. The third-order valence-corrected chi connectivity index (χ3v) is 2.43. The van der Waals surface area contributed by atoms with Crippen LogP contribution in [0.4, 0.5) is 10.6 Å². The quantitative estimate of drug-likeness (QED) is 0.797. The van der Waals surface area contributed by atoms with Gasteiger partial charge in [-0.25, -0.2) is 4.79 Å². The van der Waals surface area contributed by atoms with E-state index in [0.29, 0.717) is 6.61 Å². The molecule has 0 amide bonds. The number of nitrogens with zero attached hydrogens (tertiary/aromatic N) is 3. The van der Waals surface area contributed by atoms with Crippen LogP contribution in [0, 0.1) is 0 Å². The molecule has 0 saturated heterocycles. The van der Waals surface area contributed by atoms with Gasteiger partial charge in [-0.05, 0) is 19.1 Å². The average Bonchev–Trinajstić information content (AvgIpc) is 2.69. The van der Waals surface area contributed by atoms with E-state index in [2.05, 4.69) is 5.10 Å². The van der Waals surface area contributed by atoms with Gasteiger partial charge in [0.25, 0.3) is 0 Å². The summed E-state index contributed by atoms with van der Waals surface area (Å²) in [5.41, 5.74) is 0.759. The highest BCUT2D eigenvalue weighted by molar-refractivity contribution is 5.95. The van der Waals surface area contributed by atoms with Crippen LogP contribution < -0.4 is 4.90 Å². The third-order valence-electron chi connectivity index (χ3n) is 2.43. The molecule has 2 aromatic rings. The van der Waals surface area contributed by atoms with Gasteiger partial charge in [0, 0.05) is 19.5 Å². The summed E-state index contributed by atoms with van der Waals surface area (Å²) in [5.74, 6) is 0.758. The van der Waals surface area contributed by atoms with E-state index >= 15 is 0 Å². The Labute approximate surface area is 99.6 Å². The molecule has 1 aromatic carbocycles. The Morgan fingerprint density at radius 1 is 1.41 bits per heavy atom. The fourth-order valence-electron chi connectivity index (χ4n) is 1.70. The molecule has 0 N–H and O–H groups in total. The first kappa shape index (κ1) is 11.4. The molecule has 0 spiro atoms. The second-order valence-electron chi connectivity index (χ2n) is 3.85. The first-order chi connectivity index (χ1) is 8.15. The standard InChI is InChI=1S/C12H15N3O2/c1-4-17-12(16)15-10-8-6-5-7-9(10)11(13-15)14(2)3/h5-8H,4H2,1-3H3. The number of rotatable bonds is 2. The molecule has 0 aliphatic carbocycles. The fraction of sp³-hybridized carbons (Fsp3) is 0.333. The van der Waals surface area contributed by atoms with Gasteiger partial charge in [-0.3, -0.25) is 0 Å². The number of ether oxygens (including phenoxy) is 1. The molecule has 17 heavy (non-hydrogen) atoms. The van der Waals surface area contributed by atoms with E-state index in [4.69, 9.17) is 4.74 Å². The van der Waals surface area contributed by atoms with E-state index in [0.717, 1.165) is 16.7 Å². The highest BCUT2D eigenvalue weighted by atomic mass is 16.5. The average molecular weight is 233 g/mol. The van der Waals surface area contributed by atoms with Crippen LogP contribution in [0.25, 0.3) is 10.9 Å². The molecular formula is C12H15N3O2. The Balaban J connectivity index is 2.60. The van der Waals surface area contributed by atoms with Gasteiger partial charge in [0.1, 0.15) is 0 Å². The Bertz CT molecular complexity index is 546. The molecule has 0 aliphatic heterocycles. The van der Waals surface area contributed by atoms with E-state index in [-0.39, 0.29) is 0 Å². The van der Waals surface area contributed by atoms with Crippen molar-refractivity contribution in [1.82, 2.24) is 9.78 Å². The normalized spacial score (nSPS) is 10.5. The molecule has 0 aliphatic rings. The molecule has 1 heterocycles. The zero-order valence-corrected chi connectivity index (χ0v) is 10.2. The van der Waals surface area contributed by atoms with Gasteiger partial charge in [-0.15, -0.1) is 5.10 Å². The number of carbonyl (C=O) groups excluding carboxylic acids is 1. The number of hydrogen-bond donors (Lipinski definition) is 0. The third kappa shape index (κ3) is 1.95. The van der Waals surface area contributed by atoms with Crippen molar-refractivity contribution < 1.29 is 9.53 Å². The van der Waals surface area contributed by atoms with Gasteiger partial charge >= 0.3 is 6.09 Å². The molecule has 0 radical (unpaired) electrons. The lowest BCUT2D eigenvalue weighted by atomic mass is 10.2. The maximum absolute atomic E-state index is 11.8. The van der Waals surface area contributed by atoms with Crippen LogP contribution >= 0.6 is 0 Å². The van der Waals surface area contributed by atoms with Crippen molar-refractivity contribution in [3.63, 3.8) is 0 Å². The lowest BCUT2D eigenvalue weighted by molar-refractivity contribution is 0.151. The molecule has 0 fully saturated rings. The van der Waals surface area contributed by atoms with Gasteiger partial charge < -0.3 is 9.64 Å². The van der Waals surface area contributed by atoms with E-state index in [9.17, 15) is 4.79 Å². The summed E-state index contributed by atoms with van der Waals surface area (Å²) in [6.07, 6.45) is -0.447. The highest BCUT2D eigenvalue weighted by Gasteiger charge is 2.16. The van der Waals surface area contributed by atoms with Crippen LogP contribution in [0.2, 0.25) is 0 Å². The zero-order chi connectivity index (χ0) is 12.4. The minimum absolute atomic E-state index is 0.338. The van der Waals surface area contributed by atoms with Crippen LogP contribution in [0.1, 0.15) is 6.92 Å². The SMILES string of the molecule is CCOC(=O)n1nc(N(C)C)c2ccccc21. The minimum atomic E-state index is -0.447. The Kier molecular flexibility index (Phi) is 2.99. The predicted molar refractivity (Wildman–Crippen MR) is 66.5 cm³/mol. The predicted octanol–water partition coefficient (Wildman–Crippen LogP) is 2.11. The topological polar surface area (TPSA) is 47.4 Å². The van der Waals surface area contributed by atoms with Gasteiger partial charge in [0.2, 0.25) is 0 Å². The lowest BCUT2D eigenvalue weighted by Crippen LogP contribution is -2.16. The van der Waals surface area contributed by atoms with Crippen LogP contribution in [-0.2, 0) is 4.74 Å². The Morgan fingerprint density at radius 3 is 2.76 bits per heavy atom. The number of anilines is 1. The largest absolute Gasteiger partial charge is 0.448 e. The van der Waals surface area contributed by atoms with Crippen molar-refractivity contribution >= 4 is 22.8 Å². The summed E-state index contributed by atoms with van der Waals surface area (Å²) in [5, 5.41) is 5.21. The molecule has 0 bridgehead atoms. The monoisotopic (exact) mass is 233 g/mol. The molecule has 5 heteroatoms. The summed E-state index contributed by atoms with van der Waals surface area (Å²) < 4.78 is 6.27. The molecule has 1 aromatic heterocycles. The molecule has 0 unspecified atom stereocenters. The van der Waals surface area contributed by atoms with Gasteiger partial charge in [0.05, 0.1) is 12.1 Å². The second kappa shape index (κ2) is 4.45. The van der Waals surface area contributed by atoms with E-state index in [1.807, 2.05) is 43.3 Å². The summed E-state index contributed by atoms with van der Waals surface area (Å²) in [6, 6.07) is 7.59. The molecule has 0 saturated carbocycles. The summed E-state index contributed by atoms with van der Waals surface area (Å²) in [4.78, 5) is 13.6. The smallest absolute Gasteiger partial charge is 0.435 e. The van der Waals surface area contributed by atoms with Crippen molar-refractivity contribution in [2.45, 2.75) is 6.92 Å². The number of para-hydroxylation sites is 1. The number of benzene rings is 1. The Hall–Kier alpha value is -2.04. The molecular weight excluding hydrogens is 218 g/mol. The lowest BCUT2D eigenvalue weighted by Gasteiger charge is -2.07. The van der Waals surface area contributed by atoms with E-state index in [1.54, 1.807) is 6.92 Å². The van der Waals surface area contributed by atoms with Gasteiger partial charge in [-0.2, -0.15) is 4.68 Å². The molecule has 0 atom stereocenters. The Morgan fingerprint density at radius 2 is 2.12 bits per heavy atom. The zero-order valence-electron chi connectivity index (χ0n) is 10.2. The number of carbonyl (C=O) groups is 1. The molecule has 5 nitrogen and oxygen atoms in total. The number of hydrogen-bond acceptors (Lipinski definition) is 4. The minimum Gasteiger partial charge on any atom is -0.448 e. The maximum atomic E-state index is 11.8.